The van der Waals surface area contributed by atoms with E-state index < -0.39 is 18.0 Å². The second-order valence-corrected chi connectivity index (χ2v) is 9.58. The third kappa shape index (κ3) is 4.46. The average molecular weight is 488 g/mol. The van der Waals surface area contributed by atoms with Crippen molar-refractivity contribution in [2.45, 2.75) is 57.7 Å². The van der Waals surface area contributed by atoms with Gasteiger partial charge in [0.2, 0.25) is 17.7 Å². The van der Waals surface area contributed by atoms with Gasteiger partial charge in [-0.3, -0.25) is 29.4 Å². The first-order valence-electron chi connectivity index (χ1n) is 12.2. The Labute approximate surface area is 208 Å². The molecule has 2 aliphatic rings. The molecule has 2 aromatic heterocycles. The number of nitrogens with one attached hydrogen (secondary N) is 3. The van der Waals surface area contributed by atoms with E-state index in [2.05, 4.69) is 30.8 Å². The number of carbonyl (C=O) groups is 3. The number of nitrogens with zero attached hydrogens (tertiary/aromatic N) is 4. The zero-order chi connectivity index (χ0) is 25.2. The van der Waals surface area contributed by atoms with Crippen molar-refractivity contribution in [3.8, 4) is 0 Å². The molecule has 10 heteroatoms. The van der Waals surface area contributed by atoms with E-state index in [0.717, 1.165) is 16.8 Å². The normalized spacial score (nSPS) is 19.5. The number of amides is 3. The molecular weight excluding hydrogens is 458 g/mol. The number of aromatic amines is 1. The molecule has 3 N–H and O–H groups in total. The first-order valence-corrected chi connectivity index (χ1v) is 12.2. The van der Waals surface area contributed by atoms with Crippen LogP contribution in [0.1, 0.15) is 48.8 Å². The van der Waals surface area contributed by atoms with Crippen molar-refractivity contribution < 1.29 is 14.4 Å². The smallest absolute Gasteiger partial charge is 0.250 e. The number of pyridine rings is 1. The van der Waals surface area contributed by atoms with Gasteiger partial charge in [0.15, 0.2) is 0 Å². The Morgan fingerprint density at radius 1 is 1.14 bits per heavy atom. The van der Waals surface area contributed by atoms with E-state index in [-0.39, 0.29) is 30.2 Å². The quantitative estimate of drug-likeness (QED) is 0.464. The number of H-pyrrole nitrogens is 1. The molecule has 2 aliphatic heterocycles. The summed E-state index contributed by atoms with van der Waals surface area (Å²) >= 11 is 0. The minimum absolute atomic E-state index is 0.00835. The maximum absolute atomic E-state index is 13.9. The van der Waals surface area contributed by atoms with Crippen LogP contribution in [0.25, 0.3) is 0 Å². The highest BCUT2D eigenvalue weighted by molar-refractivity contribution is 6.08. The van der Waals surface area contributed by atoms with Crippen LogP contribution in [0.15, 0.2) is 48.9 Å². The van der Waals surface area contributed by atoms with Gasteiger partial charge in [-0.05, 0) is 42.0 Å². The van der Waals surface area contributed by atoms with Gasteiger partial charge in [-0.1, -0.05) is 38.1 Å². The maximum atomic E-state index is 13.9. The summed E-state index contributed by atoms with van der Waals surface area (Å²) in [5, 5.41) is 12.4. The number of hydrogen-bond donors (Lipinski definition) is 3. The van der Waals surface area contributed by atoms with Crippen molar-refractivity contribution in [3.63, 3.8) is 0 Å². The zero-order valence-electron chi connectivity index (χ0n) is 20.3. The number of para-hydroxylation sites is 1. The van der Waals surface area contributed by atoms with E-state index in [9.17, 15) is 14.4 Å². The van der Waals surface area contributed by atoms with Crippen molar-refractivity contribution in [1.29, 1.82) is 0 Å². The van der Waals surface area contributed by atoms with Crippen LogP contribution in [-0.4, -0.2) is 50.0 Å². The summed E-state index contributed by atoms with van der Waals surface area (Å²) in [6, 6.07) is 9.95. The second kappa shape index (κ2) is 9.88. The van der Waals surface area contributed by atoms with Crippen molar-refractivity contribution >= 4 is 23.4 Å². The number of aromatic nitrogens is 4. The van der Waals surface area contributed by atoms with Crippen molar-refractivity contribution in [3.05, 3.63) is 71.6 Å². The van der Waals surface area contributed by atoms with E-state index in [1.165, 1.54) is 6.33 Å². The van der Waals surface area contributed by atoms with E-state index in [1.807, 2.05) is 50.2 Å². The van der Waals surface area contributed by atoms with Crippen LogP contribution < -0.4 is 15.5 Å². The highest BCUT2D eigenvalue weighted by atomic mass is 16.2. The fourth-order valence-corrected chi connectivity index (χ4v) is 5.18. The molecule has 0 bridgehead atoms. The fourth-order valence-electron chi connectivity index (χ4n) is 5.18. The molecule has 10 nitrogen and oxygen atoms in total. The standard InChI is InChI=1S/C26H29N7O3/c1-15(2)22(18-8-3-4-11-27-18)25(35)31-19-10-9-16-6-5-7-17-12-20(33(23(16)17)26(19)36)24(34)28-13-21-29-14-30-32-21/h3-8,11,14-15,19-20,22H,9-10,12-13H2,1-2H3,(H,28,34)(H,31,35)(H,29,30,32)/t19-,20-,22-/m0/s1. The lowest BCUT2D eigenvalue weighted by molar-refractivity contribution is -0.130. The van der Waals surface area contributed by atoms with Crippen LogP contribution in [0.5, 0.6) is 0 Å². The Hall–Kier alpha value is -4.08. The third-order valence-electron chi connectivity index (χ3n) is 6.88. The number of aryl methyl sites for hydroxylation is 1. The SMILES string of the molecule is CC(C)[C@H](C(=O)N[C@H]1CCc2cccc3c2N(C1=O)[C@H](C(=O)NCc1ncn[nH]1)C3)c1ccccn1. The van der Waals surface area contributed by atoms with E-state index in [1.54, 1.807) is 11.1 Å². The van der Waals surface area contributed by atoms with E-state index >= 15 is 0 Å². The van der Waals surface area contributed by atoms with E-state index in [4.69, 9.17) is 0 Å². The molecule has 0 fully saturated rings. The summed E-state index contributed by atoms with van der Waals surface area (Å²) in [5.74, 6) is -0.747. The number of carbonyl (C=O) groups excluding carboxylic acids is 3. The molecule has 0 radical (unpaired) electrons. The highest BCUT2D eigenvalue weighted by Crippen LogP contribution is 2.39. The molecule has 0 unspecified atom stereocenters. The summed E-state index contributed by atoms with van der Waals surface area (Å²) in [6.07, 6.45) is 4.54. The molecule has 0 saturated carbocycles. The van der Waals surface area contributed by atoms with Crippen LogP contribution in [0.3, 0.4) is 0 Å². The number of rotatable bonds is 7. The van der Waals surface area contributed by atoms with Gasteiger partial charge in [-0.15, -0.1) is 0 Å². The Kier molecular flexibility index (Phi) is 6.49. The van der Waals surface area contributed by atoms with Gasteiger partial charge in [0.05, 0.1) is 23.8 Å². The zero-order valence-corrected chi connectivity index (χ0v) is 20.3. The molecule has 186 valence electrons. The number of anilines is 1. The highest BCUT2D eigenvalue weighted by Gasteiger charge is 2.44. The molecule has 0 saturated heterocycles. The predicted octanol–water partition coefficient (Wildman–Crippen LogP) is 1.64. The monoisotopic (exact) mass is 487 g/mol. The number of benzene rings is 1. The topological polar surface area (TPSA) is 133 Å². The molecule has 3 amide bonds. The van der Waals surface area contributed by atoms with Gasteiger partial charge in [-0.2, -0.15) is 5.10 Å². The van der Waals surface area contributed by atoms with Crippen molar-refractivity contribution in [1.82, 2.24) is 30.8 Å². The largest absolute Gasteiger partial charge is 0.347 e. The lowest BCUT2D eigenvalue weighted by atomic mass is 9.90. The summed E-state index contributed by atoms with van der Waals surface area (Å²) in [4.78, 5) is 50.5. The minimum atomic E-state index is -0.745. The molecule has 36 heavy (non-hydrogen) atoms. The number of hydrogen-bond acceptors (Lipinski definition) is 6. The maximum Gasteiger partial charge on any atom is 0.250 e. The Morgan fingerprint density at radius 3 is 2.69 bits per heavy atom. The Bertz CT molecular complexity index is 1260. The van der Waals surface area contributed by atoms with Gasteiger partial charge >= 0.3 is 0 Å². The Morgan fingerprint density at radius 2 is 1.97 bits per heavy atom. The van der Waals surface area contributed by atoms with Gasteiger partial charge in [0.25, 0.3) is 0 Å². The third-order valence-corrected chi connectivity index (χ3v) is 6.88. The molecule has 3 atom stereocenters. The summed E-state index contributed by atoms with van der Waals surface area (Å²) < 4.78 is 0. The molecule has 0 spiro atoms. The molecule has 1 aromatic carbocycles. The van der Waals surface area contributed by atoms with Crippen LogP contribution >= 0.6 is 0 Å². The molecular formula is C26H29N7O3. The van der Waals surface area contributed by atoms with Crippen LogP contribution in [0.4, 0.5) is 5.69 Å². The van der Waals surface area contributed by atoms with Gasteiger partial charge in [0, 0.05) is 12.6 Å². The average Bonchev–Trinajstić information content (AvgIpc) is 3.50. The second-order valence-electron chi connectivity index (χ2n) is 9.58. The first kappa shape index (κ1) is 23.7. The fraction of sp³-hybridized carbons (Fsp3) is 0.385. The predicted molar refractivity (Wildman–Crippen MR) is 132 cm³/mol. The van der Waals surface area contributed by atoms with Crippen molar-refractivity contribution in [2.75, 3.05) is 4.90 Å². The minimum Gasteiger partial charge on any atom is -0.347 e. The summed E-state index contributed by atoms with van der Waals surface area (Å²) in [6.45, 7) is 4.11. The molecule has 5 rings (SSSR count). The molecule has 0 aliphatic carbocycles. The molecule has 4 heterocycles. The lowest BCUT2D eigenvalue weighted by Crippen LogP contribution is -2.55. The first-order chi connectivity index (χ1) is 17.4. The van der Waals surface area contributed by atoms with E-state index in [0.29, 0.717) is 30.8 Å². The van der Waals surface area contributed by atoms with Gasteiger partial charge < -0.3 is 10.6 Å². The summed E-state index contributed by atoms with van der Waals surface area (Å²) in [7, 11) is 0. The van der Waals surface area contributed by atoms with Crippen LogP contribution in [0.2, 0.25) is 0 Å². The summed E-state index contributed by atoms with van der Waals surface area (Å²) in [5.41, 5.74) is 3.43. The van der Waals surface area contributed by atoms with Gasteiger partial charge in [0.1, 0.15) is 24.2 Å². The Balaban J connectivity index is 1.39. The van der Waals surface area contributed by atoms with Crippen molar-refractivity contribution in [2.24, 2.45) is 5.92 Å². The van der Waals surface area contributed by atoms with Crippen LogP contribution in [-0.2, 0) is 33.8 Å². The lowest BCUT2D eigenvalue weighted by Gasteiger charge is -2.29. The molecule has 3 aromatic rings. The van der Waals surface area contributed by atoms with Gasteiger partial charge in [-0.25, -0.2) is 4.98 Å². The van der Waals surface area contributed by atoms with Crippen LogP contribution in [0, 0.1) is 5.92 Å².